The molecule has 31 heavy (non-hydrogen) atoms. The first-order chi connectivity index (χ1) is 15.2. The second kappa shape index (κ2) is 25.6. The van der Waals surface area contributed by atoms with Gasteiger partial charge in [-0.3, -0.25) is 4.79 Å². The predicted molar refractivity (Wildman–Crippen MR) is 133 cm³/mol. The zero-order valence-electron chi connectivity index (χ0n) is 21.1. The normalized spacial score (nSPS) is 11.4. The molecule has 0 aromatic heterocycles. The number of aliphatic hydroxyl groups excluding tert-OH is 1. The molecule has 0 aliphatic heterocycles. The number of hydrogen-bond acceptors (Lipinski definition) is 4. The van der Waals surface area contributed by atoms with Crippen molar-refractivity contribution < 1.29 is 14.6 Å². The zero-order chi connectivity index (χ0) is 22.8. The summed E-state index contributed by atoms with van der Waals surface area (Å²) in [6.45, 7) is 6.98. The van der Waals surface area contributed by atoms with E-state index in [9.17, 15) is 4.79 Å². The molecule has 0 radical (unpaired) electrons. The van der Waals surface area contributed by atoms with Crippen LogP contribution in [-0.2, 0) is 9.53 Å². The van der Waals surface area contributed by atoms with Crippen molar-refractivity contribution >= 4 is 5.97 Å². The van der Waals surface area contributed by atoms with Gasteiger partial charge in [0, 0.05) is 13.0 Å². The van der Waals surface area contributed by atoms with Crippen molar-refractivity contribution in [3.8, 4) is 0 Å². The van der Waals surface area contributed by atoms with E-state index in [1.807, 2.05) is 0 Å². The summed E-state index contributed by atoms with van der Waals surface area (Å²) in [5.74, 6) is 0.549. The molecule has 4 heteroatoms. The average molecular weight is 442 g/mol. The molecule has 0 saturated heterocycles. The van der Waals surface area contributed by atoms with Crippen molar-refractivity contribution in [3.63, 3.8) is 0 Å². The molecule has 0 amide bonds. The number of carbonyl (C=O) groups excluding carboxylic acids is 1. The number of aliphatic hydroxyl groups is 1. The second-order valence-electron chi connectivity index (χ2n) is 9.30. The topological polar surface area (TPSA) is 58.6 Å². The fourth-order valence-corrected chi connectivity index (χ4v) is 4.10. The zero-order valence-corrected chi connectivity index (χ0v) is 21.1. The largest absolute Gasteiger partial charge is 0.465 e. The Kier molecular flexibility index (Phi) is 25.1. The molecule has 0 unspecified atom stereocenters. The lowest BCUT2D eigenvalue weighted by atomic mass is 9.94. The number of unbranched alkanes of at least 4 members (excludes halogenated alkanes) is 13. The Bertz CT molecular complexity index is 346. The molecule has 0 rings (SSSR count). The molecule has 0 aliphatic rings. The minimum atomic E-state index is -0.00528. The van der Waals surface area contributed by atoms with Gasteiger partial charge in [0.15, 0.2) is 0 Å². The van der Waals surface area contributed by atoms with Gasteiger partial charge in [-0.2, -0.15) is 0 Å². The summed E-state index contributed by atoms with van der Waals surface area (Å²) in [6, 6.07) is 0. The summed E-state index contributed by atoms with van der Waals surface area (Å²) < 4.78 is 5.68. The van der Waals surface area contributed by atoms with Gasteiger partial charge in [0.1, 0.15) is 0 Å². The van der Waals surface area contributed by atoms with Crippen LogP contribution in [-0.4, -0.2) is 37.4 Å². The van der Waals surface area contributed by atoms with Gasteiger partial charge in [-0.1, -0.05) is 104 Å². The van der Waals surface area contributed by atoms with Crippen LogP contribution >= 0.6 is 0 Å². The average Bonchev–Trinajstić information content (AvgIpc) is 2.77. The first-order valence-corrected chi connectivity index (χ1v) is 13.7. The Morgan fingerprint density at radius 3 is 1.81 bits per heavy atom. The number of hydrogen-bond donors (Lipinski definition) is 2. The Hall–Kier alpha value is -0.610. The third-order valence-electron chi connectivity index (χ3n) is 6.18. The van der Waals surface area contributed by atoms with Crippen LogP contribution in [0.3, 0.4) is 0 Å². The molecular formula is C27H55NO3. The minimum absolute atomic E-state index is 0.00528. The SMILES string of the molecule is CCCCCCCCC(CCCCCCCC)COC(=O)CCCCCCNCCO. The maximum atomic E-state index is 12.2. The molecule has 0 bridgehead atoms. The molecule has 0 aromatic rings. The highest BCUT2D eigenvalue weighted by Crippen LogP contribution is 2.20. The Balaban J connectivity index is 3.92. The van der Waals surface area contributed by atoms with Crippen LogP contribution in [0.2, 0.25) is 0 Å². The van der Waals surface area contributed by atoms with Crippen LogP contribution in [0.4, 0.5) is 0 Å². The molecular weight excluding hydrogens is 386 g/mol. The quantitative estimate of drug-likeness (QED) is 0.116. The van der Waals surface area contributed by atoms with E-state index in [1.165, 1.54) is 89.9 Å². The highest BCUT2D eigenvalue weighted by Gasteiger charge is 2.12. The van der Waals surface area contributed by atoms with Gasteiger partial charge < -0.3 is 15.2 Å². The van der Waals surface area contributed by atoms with Crippen molar-refractivity contribution in [2.45, 2.75) is 136 Å². The lowest BCUT2D eigenvalue weighted by molar-refractivity contribution is -0.145. The van der Waals surface area contributed by atoms with Gasteiger partial charge >= 0.3 is 5.97 Å². The smallest absolute Gasteiger partial charge is 0.305 e. The molecule has 0 aliphatic carbocycles. The van der Waals surface area contributed by atoms with Crippen molar-refractivity contribution in [3.05, 3.63) is 0 Å². The van der Waals surface area contributed by atoms with Crippen LogP contribution in [0.5, 0.6) is 0 Å². The Labute approximate surface area is 194 Å². The first-order valence-electron chi connectivity index (χ1n) is 13.7. The maximum absolute atomic E-state index is 12.2. The lowest BCUT2D eigenvalue weighted by Crippen LogP contribution is -2.19. The predicted octanol–water partition coefficient (Wildman–Crippen LogP) is 7.18. The van der Waals surface area contributed by atoms with E-state index >= 15 is 0 Å². The monoisotopic (exact) mass is 441 g/mol. The molecule has 0 spiro atoms. The third kappa shape index (κ3) is 23.9. The number of esters is 1. The highest BCUT2D eigenvalue weighted by atomic mass is 16.5. The number of ether oxygens (including phenoxy) is 1. The summed E-state index contributed by atoms with van der Waals surface area (Å²) in [7, 11) is 0. The van der Waals surface area contributed by atoms with E-state index in [2.05, 4.69) is 19.2 Å². The van der Waals surface area contributed by atoms with E-state index in [0.717, 1.165) is 32.2 Å². The maximum Gasteiger partial charge on any atom is 0.305 e. The fraction of sp³-hybridized carbons (Fsp3) is 0.963. The van der Waals surface area contributed by atoms with Crippen molar-refractivity contribution in [1.29, 1.82) is 0 Å². The Morgan fingerprint density at radius 1 is 0.710 bits per heavy atom. The van der Waals surface area contributed by atoms with Gasteiger partial charge in [-0.25, -0.2) is 0 Å². The van der Waals surface area contributed by atoms with Gasteiger partial charge in [0.05, 0.1) is 13.2 Å². The molecule has 0 saturated carbocycles. The molecule has 2 N–H and O–H groups in total. The molecule has 0 fully saturated rings. The van der Waals surface area contributed by atoms with E-state index in [0.29, 0.717) is 25.5 Å². The summed E-state index contributed by atoms with van der Waals surface area (Å²) in [5.41, 5.74) is 0. The minimum Gasteiger partial charge on any atom is -0.465 e. The van der Waals surface area contributed by atoms with Gasteiger partial charge in [-0.05, 0) is 38.1 Å². The van der Waals surface area contributed by atoms with Crippen LogP contribution in [0.15, 0.2) is 0 Å². The van der Waals surface area contributed by atoms with Gasteiger partial charge in [0.2, 0.25) is 0 Å². The molecule has 0 atom stereocenters. The molecule has 4 nitrogen and oxygen atoms in total. The summed E-state index contributed by atoms with van der Waals surface area (Å²) in [5, 5.41) is 11.9. The number of nitrogens with one attached hydrogen (secondary N) is 1. The fourth-order valence-electron chi connectivity index (χ4n) is 4.10. The summed E-state index contributed by atoms with van der Waals surface area (Å²) in [6.07, 6.45) is 23.2. The summed E-state index contributed by atoms with van der Waals surface area (Å²) >= 11 is 0. The van der Waals surface area contributed by atoms with Gasteiger partial charge in [-0.15, -0.1) is 0 Å². The van der Waals surface area contributed by atoms with E-state index in [4.69, 9.17) is 9.84 Å². The van der Waals surface area contributed by atoms with E-state index in [-0.39, 0.29) is 12.6 Å². The van der Waals surface area contributed by atoms with Crippen LogP contribution in [0.25, 0.3) is 0 Å². The van der Waals surface area contributed by atoms with Crippen molar-refractivity contribution in [2.24, 2.45) is 5.92 Å². The van der Waals surface area contributed by atoms with Crippen LogP contribution < -0.4 is 5.32 Å². The lowest BCUT2D eigenvalue weighted by Gasteiger charge is -2.17. The Morgan fingerprint density at radius 2 is 1.23 bits per heavy atom. The second-order valence-corrected chi connectivity index (χ2v) is 9.30. The highest BCUT2D eigenvalue weighted by molar-refractivity contribution is 5.69. The molecule has 186 valence electrons. The number of carbonyl (C=O) groups is 1. The number of rotatable bonds is 25. The van der Waals surface area contributed by atoms with Crippen LogP contribution in [0, 0.1) is 5.92 Å². The van der Waals surface area contributed by atoms with Crippen LogP contribution in [0.1, 0.15) is 136 Å². The standard InChI is InChI=1S/C27H55NO3/c1-3-5-7-9-11-15-19-26(20-16-12-10-8-6-4-2)25-31-27(30)21-17-13-14-18-22-28-23-24-29/h26,28-29H,3-25H2,1-2H3. The molecule has 0 aromatic carbocycles. The third-order valence-corrected chi connectivity index (χ3v) is 6.18. The van der Waals surface area contributed by atoms with Crippen molar-refractivity contribution in [2.75, 3.05) is 26.3 Å². The van der Waals surface area contributed by atoms with Crippen molar-refractivity contribution in [1.82, 2.24) is 5.32 Å². The first kappa shape index (κ1) is 30.4. The van der Waals surface area contributed by atoms with E-state index in [1.54, 1.807) is 0 Å². The summed E-state index contributed by atoms with van der Waals surface area (Å²) in [4.78, 5) is 12.2. The molecule has 0 heterocycles. The van der Waals surface area contributed by atoms with Gasteiger partial charge in [0.25, 0.3) is 0 Å². The van der Waals surface area contributed by atoms with E-state index < -0.39 is 0 Å².